The number of pyridine rings is 1. The van der Waals surface area contributed by atoms with Gasteiger partial charge in [0.2, 0.25) is 17.4 Å². The average molecular weight is 1210 g/mol. The number of sulfone groups is 2. The number of anilines is 2. The molecular weight excluding hydrogens is 1130 g/mol. The summed E-state index contributed by atoms with van der Waals surface area (Å²) in [5.41, 5.74) is 4.22. The standard InChI is InChI=1S/C19H19N3O3S2.C17H17N3O2S3.2C11H16N2O.C2H6.2H2/c1-21-13-15(4-7-18(21)23)19-20-12-17(26-19)14-2-5-16(6-3-14)22-8-10-27(24,25)11-9-22;1-12-18-11-16(23-12)17-19-10-15(24-17)13-2-4-14(5-3-13)20-6-8-25(21,22)9-7-20;2*12-8-11(6-7-11)13-10(14)9-4-2-1-3-5-9;1-2;;/h2-7,12-13H,8-11H2,1H3;2-5,10-11H,6-9H2,1H3;2*9H,1-7H2,(H,13,14);1-2H3;2*1H. The van der Waals surface area contributed by atoms with Gasteiger partial charge in [-0.25, -0.2) is 31.8 Å². The van der Waals surface area contributed by atoms with Crippen molar-refractivity contribution in [2.24, 2.45) is 18.9 Å². The third-order valence-corrected chi connectivity index (χ3v) is 21.9. The molecule has 440 valence electrons. The molecule has 2 aromatic carbocycles. The van der Waals surface area contributed by atoms with Crippen LogP contribution in [0.2, 0.25) is 0 Å². The van der Waals surface area contributed by atoms with Crippen molar-refractivity contribution < 1.29 is 29.3 Å². The molecule has 0 unspecified atom stereocenters. The Labute approximate surface area is 497 Å². The van der Waals surface area contributed by atoms with Gasteiger partial charge in [0.15, 0.2) is 19.7 Å². The van der Waals surface area contributed by atoms with Crippen LogP contribution in [-0.4, -0.2) is 108 Å². The maximum absolute atomic E-state index is 11.8. The van der Waals surface area contributed by atoms with E-state index >= 15 is 0 Å². The second-order valence-electron chi connectivity index (χ2n) is 21.6. The number of thiazole rings is 3. The van der Waals surface area contributed by atoms with Crippen LogP contribution < -0.4 is 26.0 Å². The third-order valence-electron chi connectivity index (χ3n) is 15.5. The van der Waals surface area contributed by atoms with Crippen molar-refractivity contribution in [2.45, 2.75) is 122 Å². The van der Waals surface area contributed by atoms with Gasteiger partial charge in [-0.15, -0.1) is 34.0 Å². The highest BCUT2D eigenvalue weighted by molar-refractivity contribution is 7.91. The largest absolute Gasteiger partial charge is 0.369 e. The molecule has 2 aliphatic heterocycles. The van der Waals surface area contributed by atoms with E-state index < -0.39 is 30.8 Å². The summed E-state index contributed by atoms with van der Waals surface area (Å²) >= 11 is 4.89. The molecule has 6 heterocycles. The summed E-state index contributed by atoms with van der Waals surface area (Å²) in [6.45, 7) is 8.21. The van der Waals surface area contributed by atoms with Crippen molar-refractivity contribution in [1.82, 2.24) is 30.2 Å². The van der Waals surface area contributed by atoms with Crippen LogP contribution in [0.15, 0.2) is 90.2 Å². The van der Waals surface area contributed by atoms with Crippen LogP contribution in [0.1, 0.15) is 112 Å². The Balaban J connectivity index is 0.000000183. The number of rotatable bonds is 10. The lowest BCUT2D eigenvalue weighted by Gasteiger charge is -2.28. The third kappa shape index (κ3) is 16.9. The Bertz CT molecular complexity index is 3430. The minimum atomic E-state index is -2.87. The van der Waals surface area contributed by atoms with Crippen LogP contribution in [0.3, 0.4) is 0 Å². The summed E-state index contributed by atoms with van der Waals surface area (Å²) in [6, 6.07) is 24.1. The first-order valence-electron chi connectivity index (χ1n) is 28.5. The zero-order valence-electron chi connectivity index (χ0n) is 47.3. The van der Waals surface area contributed by atoms with Crippen LogP contribution in [0, 0.1) is 41.4 Å². The highest BCUT2D eigenvalue weighted by atomic mass is 32.2. The molecule has 2 saturated heterocycles. The molecule has 0 spiro atoms. The zero-order valence-corrected chi connectivity index (χ0v) is 51.4. The summed E-state index contributed by atoms with van der Waals surface area (Å²) < 4.78 is 47.8. The predicted molar refractivity (Wildman–Crippen MR) is 334 cm³/mol. The van der Waals surface area contributed by atoms with Gasteiger partial charge < -0.3 is 25.0 Å². The first-order valence-corrected chi connectivity index (χ1v) is 34.6. The van der Waals surface area contributed by atoms with E-state index in [1.54, 1.807) is 64.0 Å². The topological polar surface area (TPSA) is 241 Å². The normalized spacial score (nSPS) is 19.2. The summed E-state index contributed by atoms with van der Waals surface area (Å²) in [7, 11) is -4.00. The van der Waals surface area contributed by atoms with E-state index in [1.165, 1.54) is 12.8 Å². The maximum Gasteiger partial charge on any atom is 0.250 e. The van der Waals surface area contributed by atoms with E-state index in [2.05, 4.69) is 71.8 Å². The predicted octanol–water partition coefficient (Wildman–Crippen LogP) is 10.9. The van der Waals surface area contributed by atoms with E-state index in [0.29, 0.717) is 26.2 Å². The molecule has 22 heteroatoms. The molecule has 4 aliphatic carbocycles. The van der Waals surface area contributed by atoms with E-state index in [1.807, 2.05) is 63.6 Å². The fourth-order valence-electron chi connectivity index (χ4n) is 10.0. The van der Waals surface area contributed by atoms with Gasteiger partial charge in [-0.1, -0.05) is 76.6 Å². The quantitative estimate of drug-likeness (QED) is 0.130. The molecule has 0 radical (unpaired) electrons. The monoisotopic (exact) mass is 1210 g/mol. The van der Waals surface area contributed by atoms with E-state index in [-0.39, 0.29) is 55.1 Å². The number of hydrogen-bond acceptors (Lipinski definition) is 17. The van der Waals surface area contributed by atoms with E-state index in [9.17, 15) is 31.2 Å². The van der Waals surface area contributed by atoms with Crippen LogP contribution >= 0.6 is 34.0 Å². The number of benzene rings is 2. The Morgan fingerprint density at radius 3 is 1.34 bits per heavy atom. The molecule has 17 nitrogen and oxygen atoms in total. The Morgan fingerprint density at radius 1 is 0.573 bits per heavy atom. The zero-order chi connectivity index (χ0) is 58.5. The van der Waals surface area contributed by atoms with Crippen LogP contribution in [0.25, 0.3) is 41.3 Å². The number of nitrogens with zero attached hydrogens (tertiary/aromatic N) is 8. The molecule has 4 aromatic heterocycles. The summed E-state index contributed by atoms with van der Waals surface area (Å²) in [5.74, 6) is 1.48. The van der Waals surface area contributed by atoms with Gasteiger partial charge in [-0.3, -0.25) is 14.4 Å². The summed E-state index contributed by atoms with van der Waals surface area (Å²) in [4.78, 5) is 55.8. The molecule has 4 saturated carbocycles. The average Bonchev–Trinajstić information content (AvgIpc) is 4.36. The second kappa shape index (κ2) is 27.9. The minimum absolute atomic E-state index is 0. The number of nitrogens with one attached hydrogen (secondary N) is 2. The Hall–Kier alpha value is -6.30. The number of aromatic nitrogens is 4. The second-order valence-corrected chi connectivity index (χ2v) is 29.5. The lowest BCUT2D eigenvalue weighted by Crippen LogP contribution is -2.40. The van der Waals surface area contributed by atoms with Gasteiger partial charge in [0.1, 0.15) is 21.1 Å². The van der Waals surface area contributed by atoms with Crippen molar-refractivity contribution >= 4 is 76.9 Å². The highest BCUT2D eigenvalue weighted by Crippen LogP contribution is 2.38. The Kier molecular flexibility index (Phi) is 21.0. The molecule has 6 aliphatic rings. The number of nitriles is 2. The van der Waals surface area contributed by atoms with E-state index in [0.717, 1.165) is 135 Å². The van der Waals surface area contributed by atoms with Crippen molar-refractivity contribution in [3.63, 3.8) is 0 Å². The van der Waals surface area contributed by atoms with E-state index in [4.69, 9.17) is 10.5 Å². The van der Waals surface area contributed by atoms with Gasteiger partial charge in [0, 0.05) is 95.7 Å². The van der Waals surface area contributed by atoms with Crippen LogP contribution in [0.4, 0.5) is 11.4 Å². The fourth-order valence-corrected chi connectivity index (χ4v) is 15.1. The maximum atomic E-state index is 11.8. The molecule has 12 rings (SSSR count). The summed E-state index contributed by atoms with van der Waals surface area (Å²) in [6.07, 6.45) is 21.9. The number of aryl methyl sites for hydroxylation is 2. The van der Waals surface area contributed by atoms with Gasteiger partial charge >= 0.3 is 0 Å². The van der Waals surface area contributed by atoms with Gasteiger partial charge in [0.25, 0.3) is 0 Å². The SMILES string of the molecule is CC.Cc1ncc(-c2ncc(-c3ccc(N4CCS(=O)(=O)CC4)cc3)s2)s1.Cn1cc(-c2ncc(-c3ccc(N4CCS(=O)(=O)CC4)cc3)s2)ccc1=O.N#CC1(NC(=O)C2CCCCC2)CC1.N#CC1(NC(=O)C2CCCCC2)CC1.[HH].[HH]. The van der Waals surface area contributed by atoms with Gasteiger partial charge in [-0.05, 0) is 99.7 Å². The molecule has 6 aromatic rings. The molecule has 6 fully saturated rings. The van der Waals surface area contributed by atoms with Gasteiger partial charge in [-0.2, -0.15) is 10.5 Å². The molecular formula is C60H78N10O7S5. The molecule has 2 amide bonds. The summed E-state index contributed by atoms with van der Waals surface area (Å²) in [5, 5.41) is 26.4. The van der Waals surface area contributed by atoms with Gasteiger partial charge in [0.05, 0.1) is 54.8 Å². The molecule has 0 bridgehead atoms. The van der Waals surface area contributed by atoms with Crippen molar-refractivity contribution in [3.8, 4) is 53.5 Å². The Morgan fingerprint density at radius 2 is 0.963 bits per heavy atom. The lowest BCUT2D eigenvalue weighted by molar-refractivity contribution is -0.127. The number of amides is 2. The molecule has 82 heavy (non-hydrogen) atoms. The van der Waals surface area contributed by atoms with Crippen molar-refractivity contribution in [3.05, 3.63) is 101 Å². The highest BCUT2D eigenvalue weighted by Gasteiger charge is 2.46. The molecule has 2 N–H and O–H groups in total. The van der Waals surface area contributed by atoms with Crippen LogP contribution in [0.5, 0.6) is 0 Å². The lowest BCUT2D eigenvalue weighted by atomic mass is 9.88. The first-order chi connectivity index (χ1) is 39.4. The smallest absolute Gasteiger partial charge is 0.250 e. The van der Waals surface area contributed by atoms with Crippen LogP contribution in [-0.2, 0) is 36.3 Å². The number of carbonyl (C=O) groups is 2. The van der Waals surface area contributed by atoms with Crippen molar-refractivity contribution in [1.29, 1.82) is 10.5 Å². The minimum Gasteiger partial charge on any atom is -0.369 e. The van der Waals surface area contributed by atoms with Crippen molar-refractivity contribution in [2.75, 3.05) is 59.0 Å². The molecule has 0 atom stereocenters. The first kappa shape index (κ1) is 61.8. The number of carbonyl (C=O) groups excluding carboxylic acids is 2. The fraction of sp³-hybridized carbons (Fsp3) is 0.500. The number of hydrogen-bond donors (Lipinski definition) is 2.